The van der Waals surface area contributed by atoms with Crippen LogP contribution in [0.5, 0.6) is 0 Å². The van der Waals surface area contributed by atoms with Crippen molar-refractivity contribution in [1.29, 1.82) is 0 Å². The summed E-state index contributed by atoms with van der Waals surface area (Å²) in [5.41, 5.74) is 0.729. The van der Waals surface area contributed by atoms with Crippen LogP contribution in [0.3, 0.4) is 0 Å². The molecule has 3 fully saturated rings. The molecule has 3 aliphatic carbocycles. The molecular formula is C20H30O4. The van der Waals surface area contributed by atoms with Crippen molar-refractivity contribution in [1.82, 2.24) is 0 Å². The van der Waals surface area contributed by atoms with Crippen LogP contribution in [0.1, 0.15) is 59.8 Å². The number of carbonyl (C=O) groups excluding carboxylic acids is 1. The maximum absolute atomic E-state index is 13.0. The van der Waals surface area contributed by atoms with Crippen LogP contribution in [-0.2, 0) is 9.59 Å². The van der Waals surface area contributed by atoms with E-state index >= 15 is 0 Å². The minimum atomic E-state index is -0.912. The number of fused-ring (bicyclic) bond motifs is 3. The Morgan fingerprint density at radius 2 is 1.92 bits per heavy atom. The van der Waals surface area contributed by atoms with Crippen molar-refractivity contribution in [3.05, 3.63) is 11.6 Å². The van der Waals surface area contributed by atoms with Gasteiger partial charge in [0, 0.05) is 18.4 Å². The monoisotopic (exact) mass is 334 g/mol. The fraction of sp³-hybridized carbons (Fsp3) is 0.800. The van der Waals surface area contributed by atoms with Gasteiger partial charge in [0.15, 0.2) is 0 Å². The van der Waals surface area contributed by atoms with Crippen molar-refractivity contribution in [2.75, 3.05) is 0 Å². The number of hydrogen-bond acceptors (Lipinski definition) is 3. The zero-order chi connectivity index (χ0) is 17.9. The zero-order valence-corrected chi connectivity index (χ0v) is 15.2. The molecule has 0 amide bonds. The van der Waals surface area contributed by atoms with Gasteiger partial charge in [0.05, 0.1) is 6.10 Å². The molecule has 6 unspecified atom stereocenters. The second-order valence-electron chi connectivity index (χ2n) is 9.12. The maximum atomic E-state index is 13.0. The fourth-order valence-electron chi connectivity index (χ4n) is 6.27. The molecule has 0 aliphatic heterocycles. The van der Waals surface area contributed by atoms with Gasteiger partial charge < -0.3 is 10.2 Å². The van der Waals surface area contributed by atoms with E-state index in [0.29, 0.717) is 12.3 Å². The third-order valence-corrected chi connectivity index (χ3v) is 7.74. The predicted molar refractivity (Wildman–Crippen MR) is 91.3 cm³/mol. The highest BCUT2D eigenvalue weighted by Crippen LogP contribution is 2.63. The van der Waals surface area contributed by atoms with Gasteiger partial charge >= 0.3 is 5.97 Å². The topological polar surface area (TPSA) is 74.6 Å². The molecule has 134 valence electrons. The Bertz CT molecular complexity index is 590. The highest BCUT2D eigenvalue weighted by atomic mass is 16.4. The van der Waals surface area contributed by atoms with Crippen LogP contribution >= 0.6 is 0 Å². The number of carboxylic acid groups (broad SMARTS) is 1. The highest BCUT2D eigenvalue weighted by Gasteiger charge is 2.61. The lowest BCUT2D eigenvalue weighted by Gasteiger charge is -2.62. The van der Waals surface area contributed by atoms with Crippen molar-refractivity contribution < 1.29 is 19.8 Å². The number of hydrogen-bond donors (Lipinski definition) is 2. The number of allylic oxidation sites excluding steroid dienone is 1. The lowest BCUT2D eigenvalue weighted by molar-refractivity contribution is -0.172. The summed E-state index contributed by atoms with van der Waals surface area (Å²) in [6.07, 6.45) is 4.91. The molecule has 3 rings (SSSR count). The minimum absolute atomic E-state index is 0.0140. The minimum Gasteiger partial charge on any atom is -0.478 e. The van der Waals surface area contributed by atoms with Gasteiger partial charge in [-0.25, -0.2) is 4.79 Å². The lowest BCUT2D eigenvalue weighted by atomic mass is 9.42. The van der Waals surface area contributed by atoms with Gasteiger partial charge in [-0.05, 0) is 54.3 Å². The third-order valence-electron chi connectivity index (χ3n) is 7.74. The molecule has 4 heteroatoms. The molecule has 3 aliphatic rings. The Morgan fingerprint density at radius 1 is 1.25 bits per heavy atom. The Kier molecular flexibility index (Phi) is 4.18. The normalized spacial score (nSPS) is 46.3. The summed E-state index contributed by atoms with van der Waals surface area (Å²) < 4.78 is 0. The molecular weight excluding hydrogens is 304 g/mol. The van der Waals surface area contributed by atoms with E-state index < -0.39 is 5.97 Å². The van der Waals surface area contributed by atoms with E-state index in [1.165, 1.54) is 6.08 Å². The maximum Gasteiger partial charge on any atom is 0.328 e. The van der Waals surface area contributed by atoms with E-state index in [4.69, 9.17) is 5.11 Å². The number of rotatable bonds is 1. The van der Waals surface area contributed by atoms with Crippen molar-refractivity contribution in [3.8, 4) is 0 Å². The Morgan fingerprint density at radius 3 is 2.54 bits per heavy atom. The number of Topliss-reactive ketones (excluding diaryl/α,β-unsaturated/α-hetero) is 1. The molecule has 0 radical (unpaired) electrons. The summed E-state index contributed by atoms with van der Waals surface area (Å²) in [4.78, 5) is 24.1. The first-order valence-electron chi connectivity index (χ1n) is 9.23. The average Bonchev–Trinajstić information content (AvgIpc) is 2.48. The van der Waals surface area contributed by atoms with Crippen LogP contribution in [0.15, 0.2) is 11.6 Å². The first kappa shape index (κ1) is 17.7. The molecule has 0 aromatic heterocycles. The summed E-state index contributed by atoms with van der Waals surface area (Å²) in [5, 5.41) is 19.6. The molecule has 4 nitrogen and oxygen atoms in total. The van der Waals surface area contributed by atoms with Crippen molar-refractivity contribution in [3.63, 3.8) is 0 Å². The van der Waals surface area contributed by atoms with Crippen molar-refractivity contribution >= 4 is 11.8 Å². The van der Waals surface area contributed by atoms with E-state index in [9.17, 15) is 14.7 Å². The number of aliphatic hydroxyl groups excluding tert-OH is 1. The largest absolute Gasteiger partial charge is 0.478 e. The third kappa shape index (κ3) is 2.45. The van der Waals surface area contributed by atoms with Crippen LogP contribution in [0, 0.1) is 34.5 Å². The van der Waals surface area contributed by atoms with Gasteiger partial charge in [-0.1, -0.05) is 33.3 Å². The molecule has 0 aromatic carbocycles. The van der Waals surface area contributed by atoms with Crippen molar-refractivity contribution in [2.45, 2.75) is 65.9 Å². The number of carbonyl (C=O) groups is 2. The quantitative estimate of drug-likeness (QED) is 0.720. The van der Waals surface area contributed by atoms with E-state index in [-0.39, 0.29) is 40.5 Å². The smallest absolute Gasteiger partial charge is 0.328 e. The average molecular weight is 334 g/mol. The first-order chi connectivity index (χ1) is 11.1. The standard InChI is InChI=1S/C20H30O4/c1-11-12(9-17(23)24)5-6-13-18(11)14(21)10-15-19(2,3)16(22)7-8-20(13,15)4/h9,11,13,15-16,18,22H,5-8,10H2,1-4H3,(H,23,24)/b12-9+. The van der Waals surface area contributed by atoms with Gasteiger partial charge in [-0.2, -0.15) is 0 Å². The van der Waals surface area contributed by atoms with Crippen LogP contribution in [0.4, 0.5) is 0 Å². The number of ketones is 1. The van der Waals surface area contributed by atoms with E-state index in [2.05, 4.69) is 20.8 Å². The lowest BCUT2D eigenvalue weighted by Crippen LogP contribution is -2.60. The molecule has 0 heterocycles. The molecule has 0 saturated heterocycles. The second-order valence-corrected chi connectivity index (χ2v) is 9.12. The van der Waals surface area contributed by atoms with Crippen LogP contribution in [0.25, 0.3) is 0 Å². The van der Waals surface area contributed by atoms with E-state index in [0.717, 1.165) is 31.3 Å². The Balaban J connectivity index is 1.97. The molecule has 0 bridgehead atoms. The molecule has 0 spiro atoms. The molecule has 3 saturated carbocycles. The Labute approximate surface area is 144 Å². The van der Waals surface area contributed by atoms with E-state index in [1.54, 1.807) is 0 Å². The number of aliphatic carboxylic acids is 1. The van der Waals surface area contributed by atoms with Gasteiger partial charge in [0.2, 0.25) is 0 Å². The first-order valence-corrected chi connectivity index (χ1v) is 9.23. The highest BCUT2D eigenvalue weighted by molar-refractivity contribution is 5.85. The van der Waals surface area contributed by atoms with Crippen molar-refractivity contribution in [2.24, 2.45) is 34.5 Å². The van der Waals surface area contributed by atoms with Gasteiger partial charge in [-0.15, -0.1) is 0 Å². The number of carboxylic acids is 1. The fourth-order valence-corrected chi connectivity index (χ4v) is 6.27. The predicted octanol–water partition coefficient (Wildman–Crippen LogP) is 3.44. The zero-order valence-electron chi connectivity index (χ0n) is 15.2. The van der Waals surface area contributed by atoms with Crippen LogP contribution in [-0.4, -0.2) is 28.1 Å². The van der Waals surface area contributed by atoms with Crippen LogP contribution in [0.2, 0.25) is 0 Å². The molecule has 2 N–H and O–H groups in total. The van der Waals surface area contributed by atoms with Gasteiger partial charge in [0.1, 0.15) is 5.78 Å². The van der Waals surface area contributed by atoms with Gasteiger partial charge in [0.25, 0.3) is 0 Å². The molecule has 0 aromatic rings. The summed E-state index contributed by atoms with van der Waals surface area (Å²) >= 11 is 0. The SMILES string of the molecule is CC1/C(=C/C(=O)O)CCC2C1C(=O)CC1C(C)(C)C(O)CCC21C. The molecule has 24 heavy (non-hydrogen) atoms. The van der Waals surface area contributed by atoms with Gasteiger partial charge in [-0.3, -0.25) is 4.79 Å². The second kappa shape index (κ2) is 5.69. The molecule has 6 atom stereocenters. The summed E-state index contributed by atoms with van der Waals surface area (Å²) in [6.45, 7) is 8.55. The number of aliphatic hydroxyl groups is 1. The van der Waals surface area contributed by atoms with E-state index in [1.807, 2.05) is 6.92 Å². The Hall–Kier alpha value is -1.16. The van der Waals surface area contributed by atoms with Crippen LogP contribution < -0.4 is 0 Å². The summed E-state index contributed by atoms with van der Waals surface area (Å²) in [7, 11) is 0. The summed E-state index contributed by atoms with van der Waals surface area (Å²) in [6, 6.07) is 0. The summed E-state index contributed by atoms with van der Waals surface area (Å²) in [5.74, 6) is -0.175.